The summed E-state index contributed by atoms with van der Waals surface area (Å²) in [4.78, 5) is 14.2. The van der Waals surface area contributed by atoms with Crippen LogP contribution in [0.3, 0.4) is 0 Å². The van der Waals surface area contributed by atoms with E-state index in [0.717, 1.165) is 10.9 Å². The van der Waals surface area contributed by atoms with Crippen molar-refractivity contribution in [2.45, 2.75) is 26.8 Å². The van der Waals surface area contributed by atoms with E-state index >= 15 is 0 Å². The molecule has 0 atom stereocenters. The molecule has 0 bridgehead atoms. The average Bonchev–Trinajstić information content (AvgIpc) is 2.28. The van der Waals surface area contributed by atoms with Crippen molar-refractivity contribution in [1.29, 1.82) is 0 Å². The molecule has 0 heterocycles. The minimum Gasteiger partial charge on any atom is -0.335 e. The van der Waals surface area contributed by atoms with Crippen LogP contribution < -0.4 is 0 Å². The Balaban J connectivity index is 3.04. The maximum atomic E-state index is 12.4. The summed E-state index contributed by atoms with van der Waals surface area (Å²) in [5.74, 6) is 0.0412. The molecule has 1 rings (SSSR count). The summed E-state index contributed by atoms with van der Waals surface area (Å²) in [7, 11) is 0. The highest BCUT2D eigenvalue weighted by atomic mass is 79.9. The molecule has 0 aliphatic carbocycles. The van der Waals surface area contributed by atoms with Gasteiger partial charge in [-0.1, -0.05) is 33.6 Å². The highest BCUT2D eigenvalue weighted by molar-refractivity contribution is 9.09. The van der Waals surface area contributed by atoms with Gasteiger partial charge in [-0.2, -0.15) is 0 Å². The Morgan fingerprint density at radius 1 is 1.47 bits per heavy atom. The molecular weight excluding hydrogens is 302 g/mol. The van der Waals surface area contributed by atoms with Crippen LogP contribution in [-0.4, -0.2) is 28.7 Å². The number of nitrogens with zero attached hydrogens (tertiary/aromatic N) is 1. The first kappa shape index (κ1) is 14.5. The fraction of sp³-hybridized carbons (Fsp3) is 0.462. The number of rotatable bonds is 4. The molecule has 2 nitrogen and oxygen atoms in total. The van der Waals surface area contributed by atoms with Crippen molar-refractivity contribution in [1.82, 2.24) is 4.90 Å². The van der Waals surface area contributed by atoms with E-state index in [0.29, 0.717) is 17.1 Å². The molecule has 0 saturated heterocycles. The monoisotopic (exact) mass is 317 g/mol. The highest BCUT2D eigenvalue weighted by Gasteiger charge is 2.19. The lowest BCUT2D eigenvalue weighted by Crippen LogP contribution is -2.38. The van der Waals surface area contributed by atoms with Gasteiger partial charge in [-0.25, -0.2) is 0 Å². The van der Waals surface area contributed by atoms with Crippen molar-refractivity contribution >= 4 is 33.4 Å². The molecule has 17 heavy (non-hydrogen) atoms. The summed E-state index contributed by atoms with van der Waals surface area (Å²) in [6.07, 6.45) is 0. The van der Waals surface area contributed by atoms with E-state index < -0.39 is 0 Å². The largest absolute Gasteiger partial charge is 0.335 e. The molecule has 1 aromatic rings. The topological polar surface area (TPSA) is 20.3 Å². The van der Waals surface area contributed by atoms with Crippen LogP contribution in [0.4, 0.5) is 0 Å². The number of hydrogen-bond donors (Lipinski definition) is 0. The molecule has 0 aliphatic rings. The first-order valence-corrected chi connectivity index (χ1v) is 7.10. The summed E-state index contributed by atoms with van der Waals surface area (Å²) < 4.78 is 0. The van der Waals surface area contributed by atoms with Crippen molar-refractivity contribution in [2.24, 2.45) is 0 Å². The van der Waals surface area contributed by atoms with Crippen LogP contribution in [-0.2, 0) is 0 Å². The van der Waals surface area contributed by atoms with Crippen molar-refractivity contribution in [3.8, 4) is 0 Å². The van der Waals surface area contributed by atoms with Gasteiger partial charge in [0.2, 0.25) is 0 Å². The van der Waals surface area contributed by atoms with E-state index in [-0.39, 0.29) is 11.9 Å². The maximum Gasteiger partial charge on any atom is 0.254 e. The summed E-state index contributed by atoms with van der Waals surface area (Å²) in [5, 5.41) is 1.37. The Labute approximate surface area is 116 Å². The first-order chi connectivity index (χ1) is 7.97. The number of carbonyl (C=O) groups excluding carboxylic acids is 1. The van der Waals surface area contributed by atoms with Crippen LogP contribution in [0.1, 0.15) is 29.8 Å². The molecule has 0 aromatic heterocycles. The molecule has 94 valence electrons. The Morgan fingerprint density at radius 3 is 2.65 bits per heavy atom. The first-order valence-electron chi connectivity index (χ1n) is 5.60. The van der Waals surface area contributed by atoms with E-state index in [9.17, 15) is 4.79 Å². The van der Waals surface area contributed by atoms with Gasteiger partial charge >= 0.3 is 0 Å². The Kier molecular flexibility index (Phi) is 5.47. The van der Waals surface area contributed by atoms with Crippen LogP contribution in [0.2, 0.25) is 5.02 Å². The van der Waals surface area contributed by atoms with Crippen molar-refractivity contribution in [3.63, 3.8) is 0 Å². The summed E-state index contributed by atoms with van der Waals surface area (Å²) >= 11 is 9.31. The van der Waals surface area contributed by atoms with Gasteiger partial charge in [-0.15, -0.1) is 0 Å². The molecule has 0 radical (unpaired) electrons. The van der Waals surface area contributed by atoms with E-state index in [4.69, 9.17) is 11.6 Å². The standard InChI is InChI=1S/C13H17BrClNO/c1-9(2)16(7-6-14)13(17)12-8-11(15)5-4-10(12)3/h4-5,8-9H,6-7H2,1-3H3. The summed E-state index contributed by atoms with van der Waals surface area (Å²) in [6, 6.07) is 5.60. The van der Waals surface area contributed by atoms with Crippen molar-refractivity contribution in [2.75, 3.05) is 11.9 Å². The van der Waals surface area contributed by atoms with Gasteiger partial charge < -0.3 is 4.90 Å². The normalized spacial score (nSPS) is 10.7. The van der Waals surface area contributed by atoms with E-state index in [1.807, 2.05) is 31.7 Å². The second-order valence-electron chi connectivity index (χ2n) is 4.24. The second kappa shape index (κ2) is 6.41. The van der Waals surface area contributed by atoms with E-state index in [2.05, 4.69) is 15.9 Å². The molecule has 0 aliphatic heterocycles. The predicted octanol–water partition coefficient (Wildman–Crippen LogP) is 3.89. The highest BCUT2D eigenvalue weighted by Crippen LogP contribution is 2.18. The predicted molar refractivity (Wildman–Crippen MR) is 76.2 cm³/mol. The third-order valence-corrected chi connectivity index (χ3v) is 3.23. The second-order valence-corrected chi connectivity index (χ2v) is 5.47. The van der Waals surface area contributed by atoms with Crippen molar-refractivity contribution in [3.05, 3.63) is 34.3 Å². The fourth-order valence-electron chi connectivity index (χ4n) is 1.66. The van der Waals surface area contributed by atoms with Gasteiger partial charge in [-0.05, 0) is 38.5 Å². The van der Waals surface area contributed by atoms with Crippen LogP contribution in [0.5, 0.6) is 0 Å². The van der Waals surface area contributed by atoms with Gasteiger partial charge in [0.05, 0.1) is 0 Å². The molecule has 1 amide bonds. The van der Waals surface area contributed by atoms with E-state index in [1.54, 1.807) is 12.1 Å². The zero-order chi connectivity index (χ0) is 13.0. The quantitative estimate of drug-likeness (QED) is 0.771. The molecule has 1 aromatic carbocycles. The third kappa shape index (κ3) is 3.71. The number of hydrogen-bond acceptors (Lipinski definition) is 1. The van der Waals surface area contributed by atoms with Crippen molar-refractivity contribution < 1.29 is 4.79 Å². The summed E-state index contributed by atoms with van der Waals surface area (Å²) in [6.45, 7) is 6.65. The molecule has 0 unspecified atom stereocenters. The maximum absolute atomic E-state index is 12.4. The van der Waals surface area contributed by atoms with E-state index in [1.165, 1.54) is 0 Å². The van der Waals surface area contributed by atoms with Gasteiger partial charge in [0.1, 0.15) is 0 Å². The fourth-order valence-corrected chi connectivity index (χ4v) is 2.22. The SMILES string of the molecule is Cc1ccc(Cl)cc1C(=O)N(CCBr)C(C)C. The van der Waals surface area contributed by atoms with Crippen LogP contribution in [0.15, 0.2) is 18.2 Å². The Hall–Kier alpha value is -0.540. The molecule has 0 N–H and O–H groups in total. The number of halogens is 2. The zero-order valence-corrected chi connectivity index (χ0v) is 12.7. The number of alkyl halides is 1. The molecule has 4 heteroatoms. The van der Waals surface area contributed by atoms with Gasteiger partial charge in [0.15, 0.2) is 0 Å². The number of carbonyl (C=O) groups is 1. The lowest BCUT2D eigenvalue weighted by atomic mass is 10.1. The molecular formula is C13H17BrClNO. The van der Waals surface area contributed by atoms with Crippen LogP contribution >= 0.6 is 27.5 Å². The molecule has 0 fully saturated rings. The minimum atomic E-state index is 0.0412. The smallest absolute Gasteiger partial charge is 0.254 e. The number of amides is 1. The average molecular weight is 319 g/mol. The molecule has 0 spiro atoms. The lowest BCUT2D eigenvalue weighted by Gasteiger charge is -2.26. The van der Waals surface area contributed by atoms with Gasteiger partial charge in [0.25, 0.3) is 5.91 Å². The molecule has 0 saturated carbocycles. The third-order valence-electron chi connectivity index (χ3n) is 2.64. The lowest BCUT2D eigenvalue weighted by molar-refractivity contribution is 0.0718. The van der Waals surface area contributed by atoms with Gasteiger partial charge in [0, 0.05) is 28.5 Å². The van der Waals surface area contributed by atoms with Gasteiger partial charge in [-0.3, -0.25) is 4.79 Å². The zero-order valence-electron chi connectivity index (χ0n) is 10.3. The van der Waals surface area contributed by atoms with Crippen LogP contribution in [0, 0.1) is 6.92 Å². The van der Waals surface area contributed by atoms with Crippen LogP contribution in [0.25, 0.3) is 0 Å². The number of benzene rings is 1. The Bertz CT molecular complexity index is 406. The Morgan fingerprint density at radius 2 is 2.12 bits per heavy atom. The minimum absolute atomic E-state index is 0.0412. The number of aryl methyl sites for hydroxylation is 1. The summed E-state index contributed by atoms with van der Waals surface area (Å²) in [5.41, 5.74) is 1.65.